The highest BCUT2D eigenvalue weighted by molar-refractivity contribution is 7.91. The molecule has 12 heteroatoms. The summed E-state index contributed by atoms with van der Waals surface area (Å²) in [5.41, 5.74) is -0.229. The number of pyridine rings is 1. The van der Waals surface area contributed by atoms with E-state index in [1.54, 1.807) is 0 Å². The number of benzene rings is 1. The second kappa shape index (κ2) is 8.75. The number of fused-ring (bicyclic) bond motifs is 1. The molecule has 0 radical (unpaired) electrons. The van der Waals surface area contributed by atoms with Crippen LogP contribution in [0.15, 0.2) is 35.3 Å². The van der Waals surface area contributed by atoms with Crippen molar-refractivity contribution >= 4 is 39.2 Å². The van der Waals surface area contributed by atoms with Crippen molar-refractivity contribution in [2.45, 2.75) is 18.9 Å². The van der Waals surface area contributed by atoms with Crippen LogP contribution in [0.5, 0.6) is 11.5 Å². The van der Waals surface area contributed by atoms with Crippen molar-refractivity contribution in [2.75, 3.05) is 16.8 Å². The van der Waals surface area contributed by atoms with Crippen LogP contribution >= 0.6 is 12.4 Å². The summed E-state index contributed by atoms with van der Waals surface area (Å²) >= 11 is 0. The van der Waals surface area contributed by atoms with E-state index in [9.17, 15) is 22.0 Å². The Kier molecular flexibility index (Phi) is 6.46. The molecular weight excluding hydrogens is 454 g/mol. The zero-order valence-electron chi connectivity index (χ0n) is 16.3. The minimum atomic E-state index is -2.98. The lowest BCUT2D eigenvalue weighted by atomic mass is 10.2. The standard InChI is InChI=1S/C19H18F2N4O4S.ClH/c1-25-17-11(8-16(18(25)26)29-15-3-2-12(20)9-14(15)21)10-22-19(24-17)23-13-4-6-30(27,28)7-5-13;/h2-3,8-10,13H,4-7H2,1H3,(H,22,23,24);1H. The summed E-state index contributed by atoms with van der Waals surface area (Å²) < 4.78 is 56.6. The lowest BCUT2D eigenvalue weighted by Gasteiger charge is -2.23. The van der Waals surface area contributed by atoms with Gasteiger partial charge in [0.2, 0.25) is 5.95 Å². The average molecular weight is 473 g/mol. The molecule has 0 unspecified atom stereocenters. The largest absolute Gasteiger partial charge is 0.448 e. The molecule has 1 N–H and O–H groups in total. The summed E-state index contributed by atoms with van der Waals surface area (Å²) in [5.74, 6) is -1.62. The number of halogens is 3. The van der Waals surface area contributed by atoms with Crippen molar-refractivity contribution < 1.29 is 21.9 Å². The van der Waals surface area contributed by atoms with Gasteiger partial charge in [0.15, 0.2) is 17.3 Å². The predicted molar refractivity (Wildman–Crippen MR) is 114 cm³/mol. The number of hydrogen-bond acceptors (Lipinski definition) is 7. The Hall–Kier alpha value is -2.79. The van der Waals surface area contributed by atoms with Crippen LogP contribution < -0.4 is 15.6 Å². The number of aromatic nitrogens is 3. The minimum absolute atomic E-state index is 0. The number of sulfone groups is 1. The first-order valence-corrected chi connectivity index (χ1v) is 11.0. The number of ether oxygens (including phenoxy) is 1. The lowest BCUT2D eigenvalue weighted by Crippen LogP contribution is -2.32. The molecule has 8 nitrogen and oxygen atoms in total. The summed E-state index contributed by atoms with van der Waals surface area (Å²) in [5, 5.41) is 3.58. The second-order valence-corrected chi connectivity index (χ2v) is 9.40. The molecule has 0 spiro atoms. The Morgan fingerprint density at radius 2 is 1.87 bits per heavy atom. The van der Waals surface area contributed by atoms with Gasteiger partial charge in [0, 0.05) is 30.7 Å². The maximum absolute atomic E-state index is 13.9. The molecule has 2 aromatic heterocycles. The van der Waals surface area contributed by atoms with Crippen molar-refractivity contribution in [3.8, 4) is 11.5 Å². The van der Waals surface area contributed by atoms with E-state index >= 15 is 0 Å². The fourth-order valence-corrected chi connectivity index (χ4v) is 4.74. The van der Waals surface area contributed by atoms with E-state index in [0.29, 0.717) is 29.9 Å². The third kappa shape index (κ3) is 4.93. The van der Waals surface area contributed by atoms with Crippen LogP contribution in [0.2, 0.25) is 0 Å². The number of anilines is 1. The molecular formula is C19H19ClF2N4O4S. The lowest BCUT2D eigenvalue weighted by molar-refractivity contribution is 0.430. The smallest absolute Gasteiger partial charge is 0.294 e. The van der Waals surface area contributed by atoms with E-state index in [2.05, 4.69) is 15.3 Å². The topological polar surface area (TPSA) is 103 Å². The number of nitrogens with zero attached hydrogens (tertiary/aromatic N) is 3. The van der Waals surface area contributed by atoms with Gasteiger partial charge in [0.1, 0.15) is 21.3 Å². The molecule has 3 aromatic rings. The van der Waals surface area contributed by atoms with Crippen LogP contribution in [0.4, 0.5) is 14.7 Å². The highest BCUT2D eigenvalue weighted by Crippen LogP contribution is 2.25. The highest BCUT2D eigenvalue weighted by atomic mass is 35.5. The summed E-state index contributed by atoms with van der Waals surface area (Å²) in [6.07, 6.45) is 2.40. The number of rotatable bonds is 4. The van der Waals surface area contributed by atoms with Crippen molar-refractivity contribution in [1.29, 1.82) is 0 Å². The molecule has 1 saturated heterocycles. The van der Waals surface area contributed by atoms with E-state index in [1.165, 1.54) is 23.9 Å². The zero-order chi connectivity index (χ0) is 21.5. The first kappa shape index (κ1) is 22.9. The Labute approximate surface area is 182 Å². The second-order valence-electron chi connectivity index (χ2n) is 7.09. The van der Waals surface area contributed by atoms with Crippen molar-refractivity contribution in [1.82, 2.24) is 14.5 Å². The normalized spacial score (nSPS) is 16.0. The van der Waals surface area contributed by atoms with E-state index in [4.69, 9.17) is 4.74 Å². The van der Waals surface area contributed by atoms with Gasteiger partial charge in [-0.05, 0) is 31.0 Å². The molecule has 0 atom stereocenters. The summed E-state index contributed by atoms with van der Waals surface area (Å²) in [7, 11) is -1.49. The quantitative estimate of drug-likeness (QED) is 0.622. The predicted octanol–water partition coefficient (Wildman–Crippen LogP) is 2.81. The molecule has 0 bridgehead atoms. The number of hydrogen-bond donors (Lipinski definition) is 1. The SMILES string of the molecule is Cl.Cn1c(=O)c(Oc2ccc(F)cc2F)cc2cnc(NC3CCS(=O)(=O)CC3)nc21. The van der Waals surface area contributed by atoms with Gasteiger partial charge >= 0.3 is 0 Å². The Morgan fingerprint density at radius 1 is 1.16 bits per heavy atom. The molecule has 166 valence electrons. The van der Waals surface area contributed by atoms with Crippen LogP contribution in [0.3, 0.4) is 0 Å². The van der Waals surface area contributed by atoms with Gasteiger partial charge in [-0.2, -0.15) is 4.98 Å². The fourth-order valence-electron chi connectivity index (χ4n) is 3.25. The molecule has 0 amide bonds. The van der Waals surface area contributed by atoms with Crippen LogP contribution in [0.25, 0.3) is 11.0 Å². The van der Waals surface area contributed by atoms with Crippen molar-refractivity contribution in [3.63, 3.8) is 0 Å². The Balaban J connectivity index is 0.00000272. The molecule has 0 aliphatic carbocycles. The van der Waals surface area contributed by atoms with E-state index in [1.807, 2.05) is 0 Å². The molecule has 4 rings (SSSR count). The van der Waals surface area contributed by atoms with Gasteiger partial charge in [-0.25, -0.2) is 22.2 Å². The molecule has 3 heterocycles. The first-order valence-electron chi connectivity index (χ1n) is 9.18. The van der Waals surface area contributed by atoms with Gasteiger partial charge in [-0.3, -0.25) is 9.36 Å². The van der Waals surface area contributed by atoms with Crippen LogP contribution in [-0.4, -0.2) is 40.5 Å². The minimum Gasteiger partial charge on any atom is -0.448 e. The van der Waals surface area contributed by atoms with Gasteiger partial charge in [0.05, 0.1) is 11.5 Å². The Bertz CT molecular complexity index is 1290. The molecule has 1 aromatic carbocycles. The average Bonchev–Trinajstić information content (AvgIpc) is 2.70. The molecule has 1 aliphatic rings. The molecule has 1 aliphatic heterocycles. The zero-order valence-corrected chi connectivity index (χ0v) is 18.0. The third-order valence-electron chi connectivity index (χ3n) is 4.92. The van der Waals surface area contributed by atoms with Crippen LogP contribution in [0, 0.1) is 11.6 Å². The van der Waals surface area contributed by atoms with Crippen LogP contribution in [-0.2, 0) is 16.9 Å². The van der Waals surface area contributed by atoms with Gasteiger partial charge in [-0.15, -0.1) is 12.4 Å². The van der Waals surface area contributed by atoms with Crippen molar-refractivity contribution in [3.05, 3.63) is 52.5 Å². The summed E-state index contributed by atoms with van der Waals surface area (Å²) in [6, 6.07) is 4.10. The molecule has 0 saturated carbocycles. The fraction of sp³-hybridized carbons (Fsp3) is 0.316. The van der Waals surface area contributed by atoms with E-state index < -0.39 is 27.0 Å². The van der Waals surface area contributed by atoms with Crippen LogP contribution in [0.1, 0.15) is 12.8 Å². The van der Waals surface area contributed by atoms with Crippen molar-refractivity contribution in [2.24, 2.45) is 7.05 Å². The van der Waals surface area contributed by atoms with E-state index in [0.717, 1.165) is 12.1 Å². The maximum atomic E-state index is 13.9. The summed E-state index contributed by atoms with van der Waals surface area (Å²) in [4.78, 5) is 21.2. The first-order chi connectivity index (χ1) is 14.2. The van der Waals surface area contributed by atoms with Gasteiger partial charge in [0.25, 0.3) is 5.56 Å². The van der Waals surface area contributed by atoms with Gasteiger partial charge in [-0.1, -0.05) is 0 Å². The number of nitrogens with one attached hydrogen (secondary N) is 1. The number of aryl methyl sites for hydroxylation is 1. The van der Waals surface area contributed by atoms with Gasteiger partial charge < -0.3 is 10.1 Å². The van der Waals surface area contributed by atoms with E-state index in [-0.39, 0.29) is 47.4 Å². The maximum Gasteiger partial charge on any atom is 0.294 e. The Morgan fingerprint density at radius 3 is 2.55 bits per heavy atom. The molecule has 1 fully saturated rings. The summed E-state index contributed by atoms with van der Waals surface area (Å²) in [6.45, 7) is 0. The third-order valence-corrected chi connectivity index (χ3v) is 6.63. The monoisotopic (exact) mass is 472 g/mol. The highest BCUT2D eigenvalue weighted by Gasteiger charge is 2.24. The molecule has 31 heavy (non-hydrogen) atoms.